The molecule has 2 heterocycles. The van der Waals surface area contributed by atoms with Crippen LogP contribution in [0.4, 0.5) is 8.78 Å². The van der Waals surface area contributed by atoms with Gasteiger partial charge in [0, 0.05) is 26.3 Å². The molecule has 2 N–H and O–H groups in total. The second kappa shape index (κ2) is 12.6. The van der Waals surface area contributed by atoms with Crippen LogP contribution < -0.4 is 10.6 Å². The first-order chi connectivity index (χ1) is 16.3. The molecule has 2 aliphatic rings. The van der Waals surface area contributed by atoms with E-state index in [4.69, 9.17) is 4.74 Å². The number of carbonyl (C=O) groups excluding carboxylic acids is 2. The van der Waals surface area contributed by atoms with Gasteiger partial charge in [-0.25, -0.2) is 8.78 Å². The van der Waals surface area contributed by atoms with Crippen molar-refractivity contribution in [3.05, 3.63) is 35.4 Å². The molecular formula is C26H39F2N3O3. The number of carbonyl (C=O) groups is 2. The first-order valence-electron chi connectivity index (χ1n) is 12.7. The van der Waals surface area contributed by atoms with E-state index in [0.717, 1.165) is 43.7 Å². The van der Waals surface area contributed by atoms with Crippen LogP contribution in [0.15, 0.2) is 18.2 Å². The highest BCUT2D eigenvalue weighted by molar-refractivity contribution is 5.90. The van der Waals surface area contributed by atoms with Crippen molar-refractivity contribution >= 4 is 11.8 Å². The van der Waals surface area contributed by atoms with Crippen molar-refractivity contribution in [3.8, 4) is 0 Å². The van der Waals surface area contributed by atoms with E-state index in [2.05, 4.69) is 15.5 Å². The lowest BCUT2D eigenvalue weighted by Crippen LogP contribution is -2.56. The molecule has 8 heteroatoms. The summed E-state index contributed by atoms with van der Waals surface area (Å²) in [6, 6.07) is 3.44. The maximum absolute atomic E-state index is 13.7. The molecule has 0 aliphatic carbocycles. The van der Waals surface area contributed by atoms with E-state index in [1.807, 2.05) is 13.8 Å². The van der Waals surface area contributed by atoms with Crippen molar-refractivity contribution in [2.75, 3.05) is 32.8 Å². The Bertz CT molecular complexity index is 828. The Balaban J connectivity index is 1.71. The lowest BCUT2D eigenvalue weighted by molar-refractivity contribution is -0.139. The molecule has 2 fully saturated rings. The Morgan fingerprint density at radius 2 is 1.82 bits per heavy atom. The molecule has 0 bridgehead atoms. The Labute approximate surface area is 201 Å². The summed E-state index contributed by atoms with van der Waals surface area (Å²) < 4.78 is 32.6. The van der Waals surface area contributed by atoms with Crippen LogP contribution in [0.1, 0.15) is 64.4 Å². The monoisotopic (exact) mass is 479 g/mol. The highest BCUT2D eigenvalue weighted by Gasteiger charge is 2.42. The number of benzene rings is 1. The predicted molar refractivity (Wildman–Crippen MR) is 127 cm³/mol. The standard InChI is InChI=1S/C26H39F2N3O3/c1-3-19(2)23-24(32)29-12-6-16-34-15-5-4-9-26(25(33)30-23)10-13-31(14-11-26)18-20-7-8-21(27)22(28)17-20/h7-8,17,19,23H,3-6,9-16,18H2,1-2H3,(H,29,32)(H,30,33)/t19-,23-/m0/s1. The predicted octanol–water partition coefficient (Wildman–Crippen LogP) is 3.78. The van der Waals surface area contributed by atoms with Crippen LogP contribution in [0.25, 0.3) is 0 Å². The minimum Gasteiger partial charge on any atom is -0.381 e. The van der Waals surface area contributed by atoms with Crippen molar-refractivity contribution < 1.29 is 23.1 Å². The molecule has 2 aliphatic heterocycles. The van der Waals surface area contributed by atoms with E-state index in [-0.39, 0.29) is 17.7 Å². The number of hydrogen-bond donors (Lipinski definition) is 2. The van der Waals surface area contributed by atoms with E-state index in [1.165, 1.54) is 6.07 Å². The van der Waals surface area contributed by atoms with E-state index in [1.54, 1.807) is 6.07 Å². The topological polar surface area (TPSA) is 70.7 Å². The number of ether oxygens (including phenoxy) is 1. The maximum Gasteiger partial charge on any atom is 0.242 e. The average molecular weight is 480 g/mol. The number of rotatable bonds is 4. The molecule has 0 unspecified atom stereocenters. The lowest BCUT2D eigenvalue weighted by Gasteiger charge is -2.42. The Hall–Kier alpha value is -2.06. The van der Waals surface area contributed by atoms with Crippen molar-refractivity contribution in [2.45, 2.75) is 71.4 Å². The van der Waals surface area contributed by atoms with Gasteiger partial charge >= 0.3 is 0 Å². The number of amides is 2. The quantitative estimate of drug-likeness (QED) is 0.690. The minimum atomic E-state index is -0.846. The molecule has 6 nitrogen and oxygen atoms in total. The Kier molecular flexibility index (Phi) is 9.83. The van der Waals surface area contributed by atoms with Gasteiger partial charge in [-0.2, -0.15) is 0 Å². The molecule has 1 aromatic carbocycles. The number of nitrogens with one attached hydrogen (secondary N) is 2. The van der Waals surface area contributed by atoms with Gasteiger partial charge in [-0.1, -0.05) is 32.8 Å². The summed E-state index contributed by atoms with van der Waals surface area (Å²) in [5.41, 5.74) is 0.177. The highest BCUT2D eigenvalue weighted by atomic mass is 19.2. The molecule has 1 aromatic rings. The molecule has 1 spiro atoms. The van der Waals surface area contributed by atoms with Gasteiger partial charge in [0.1, 0.15) is 6.04 Å². The second-order valence-corrected chi connectivity index (χ2v) is 9.86. The molecular weight excluding hydrogens is 440 g/mol. The molecule has 190 valence electrons. The smallest absolute Gasteiger partial charge is 0.242 e. The van der Waals surface area contributed by atoms with Crippen LogP contribution in [0.3, 0.4) is 0 Å². The summed E-state index contributed by atoms with van der Waals surface area (Å²) in [4.78, 5) is 28.7. The zero-order valence-electron chi connectivity index (χ0n) is 20.5. The van der Waals surface area contributed by atoms with Gasteiger partial charge in [-0.15, -0.1) is 0 Å². The minimum absolute atomic E-state index is 0.0265. The Morgan fingerprint density at radius 3 is 2.53 bits per heavy atom. The third-order valence-corrected chi connectivity index (χ3v) is 7.43. The average Bonchev–Trinajstić information content (AvgIpc) is 2.83. The molecule has 2 atom stereocenters. The maximum atomic E-state index is 13.7. The fraction of sp³-hybridized carbons (Fsp3) is 0.692. The molecule has 3 rings (SSSR count). The number of piperidine rings is 1. The number of likely N-dealkylation sites (tertiary alicyclic amines) is 1. The third kappa shape index (κ3) is 6.98. The van der Waals surface area contributed by atoms with Crippen LogP contribution >= 0.6 is 0 Å². The van der Waals surface area contributed by atoms with Crippen LogP contribution in [-0.2, 0) is 20.9 Å². The zero-order valence-corrected chi connectivity index (χ0v) is 20.5. The summed E-state index contributed by atoms with van der Waals surface area (Å²) in [5.74, 6) is -1.84. The number of hydrogen-bond acceptors (Lipinski definition) is 4. The highest BCUT2D eigenvalue weighted by Crippen LogP contribution is 2.38. The first-order valence-corrected chi connectivity index (χ1v) is 12.7. The third-order valence-electron chi connectivity index (χ3n) is 7.43. The van der Waals surface area contributed by atoms with Crippen LogP contribution in [0, 0.1) is 23.0 Å². The molecule has 34 heavy (non-hydrogen) atoms. The van der Waals surface area contributed by atoms with Gasteiger partial charge in [0.05, 0.1) is 5.41 Å². The zero-order chi connectivity index (χ0) is 24.6. The van der Waals surface area contributed by atoms with Crippen molar-refractivity contribution in [1.29, 1.82) is 0 Å². The largest absolute Gasteiger partial charge is 0.381 e. The molecule has 0 saturated carbocycles. The lowest BCUT2D eigenvalue weighted by atomic mass is 9.73. The van der Waals surface area contributed by atoms with Crippen molar-refractivity contribution in [3.63, 3.8) is 0 Å². The van der Waals surface area contributed by atoms with Gasteiger partial charge in [0.2, 0.25) is 11.8 Å². The first kappa shape index (κ1) is 26.5. The van der Waals surface area contributed by atoms with Gasteiger partial charge in [0.25, 0.3) is 0 Å². The molecule has 0 aromatic heterocycles. The van der Waals surface area contributed by atoms with Gasteiger partial charge in [0.15, 0.2) is 11.6 Å². The fourth-order valence-electron chi connectivity index (χ4n) is 4.89. The SMILES string of the molecule is CC[C@H](C)[C@@H]1NC(=O)C2(CCCCOCCCNC1=O)CCN(Cc1ccc(F)c(F)c1)CC2. The summed E-state index contributed by atoms with van der Waals surface area (Å²) in [5, 5.41) is 6.08. The molecule has 2 amide bonds. The normalized spacial score (nSPS) is 24.2. The second-order valence-electron chi connectivity index (χ2n) is 9.86. The number of nitrogens with zero attached hydrogens (tertiary/aromatic N) is 1. The van der Waals surface area contributed by atoms with E-state index in [9.17, 15) is 18.4 Å². The fourth-order valence-corrected chi connectivity index (χ4v) is 4.89. The number of halogens is 2. The van der Waals surface area contributed by atoms with Crippen LogP contribution in [0.5, 0.6) is 0 Å². The van der Waals surface area contributed by atoms with Crippen LogP contribution in [0.2, 0.25) is 0 Å². The van der Waals surface area contributed by atoms with E-state index < -0.39 is 23.1 Å². The van der Waals surface area contributed by atoms with Crippen LogP contribution in [-0.4, -0.2) is 55.6 Å². The van der Waals surface area contributed by atoms with Crippen molar-refractivity contribution in [2.24, 2.45) is 11.3 Å². The molecule has 0 radical (unpaired) electrons. The summed E-state index contributed by atoms with van der Waals surface area (Å²) in [6.45, 7) is 7.70. The summed E-state index contributed by atoms with van der Waals surface area (Å²) >= 11 is 0. The Morgan fingerprint density at radius 1 is 1.09 bits per heavy atom. The molecule has 2 saturated heterocycles. The van der Waals surface area contributed by atoms with Gasteiger partial charge in [-0.3, -0.25) is 14.5 Å². The van der Waals surface area contributed by atoms with Gasteiger partial charge < -0.3 is 15.4 Å². The summed E-state index contributed by atoms with van der Waals surface area (Å²) in [7, 11) is 0. The van der Waals surface area contributed by atoms with Crippen molar-refractivity contribution in [1.82, 2.24) is 15.5 Å². The van der Waals surface area contributed by atoms with Gasteiger partial charge in [-0.05, 0) is 68.8 Å². The van der Waals surface area contributed by atoms with E-state index in [0.29, 0.717) is 52.2 Å². The summed E-state index contributed by atoms with van der Waals surface area (Å²) in [6.07, 6.45) is 5.40. The van der Waals surface area contributed by atoms with E-state index >= 15 is 0 Å².